The number of alkyl halides is 3. The maximum absolute atomic E-state index is 13.7. The van der Waals surface area contributed by atoms with Crippen molar-refractivity contribution < 1.29 is 22.8 Å². The SMILES string of the molecule is Cc1cc(NC(=O)c2ncc(-c3cn(C4CC4)nc3C(F)(F)F)n2C)ccc1C(=O)N(C)CCCCN. The number of rotatable bonds is 9. The fraction of sp³-hybridized carbons (Fsp3) is 0.440. The van der Waals surface area contributed by atoms with Crippen LogP contribution in [0.15, 0.2) is 30.6 Å². The molecule has 3 N–H and O–H groups in total. The largest absolute Gasteiger partial charge is 0.435 e. The second-order valence-electron chi connectivity index (χ2n) is 9.33. The topological polar surface area (TPSA) is 111 Å². The lowest BCUT2D eigenvalue weighted by molar-refractivity contribution is -0.141. The normalized spacial score (nSPS) is 13.6. The van der Waals surface area contributed by atoms with Crippen molar-refractivity contribution in [1.29, 1.82) is 0 Å². The van der Waals surface area contributed by atoms with E-state index >= 15 is 0 Å². The number of nitrogens with two attached hydrogens (primary N) is 1. The summed E-state index contributed by atoms with van der Waals surface area (Å²) in [5, 5.41) is 6.48. The zero-order valence-electron chi connectivity index (χ0n) is 21.0. The van der Waals surface area contributed by atoms with Gasteiger partial charge in [0.05, 0.1) is 23.5 Å². The van der Waals surface area contributed by atoms with Crippen molar-refractivity contribution in [3.05, 3.63) is 53.2 Å². The lowest BCUT2D eigenvalue weighted by Gasteiger charge is -2.18. The van der Waals surface area contributed by atoms with Crippen LogP contribution in [0.4, 0.5) is 18.9 Å². The third kappa shape index (κ3) is 5.68. The third-order valence-corrected chi connectivity index (χ3v) is 6.40. The molecule has 0 spiro atoms. The van der Waals surface area contributed by atoms with Gasteiger partial charge in [0.25, 0.3) is 11.8 Å². The Kier molecular flexibility index (Phi) is 7.39. The lowest BCUT2D eigenvalue weighted by Crippen LogP contribution is -2.28. The quantitative estimate of drug-likeness (QED) is 0.417. The van der Waals surface area contributed by atoms with Gasteiger partial charge in [-0.25, -0.2) is 4.98 Å². The molecule has 0 bridgehead atoms. The molecule has 4 rings (SSSR count). The predicted molar refractivity (Wildman–Crippen MR) is 132 cm³/mol. The number of unbranched alkanes of at least 4 members (excludes halogenated alkanes) is 1. The van der Waals surface area contributed by atoms with Gasteiger partial charge in [0.15, 0.2) is 11.5 Å². The minimum atomic E-state index is -4.64. The van der Waals surface area contributed by atoms with Crippen LogP contribution in [0.5, 0.6) is 0 Å². The van der Waals surface area contributed by atoms with Gasteiger partial charge in [0, 0.05) is 38.1 Å². The molecule has 12 heteroatoms. The van der Waals surface area contributed by atoms with Crippen molar-refractivity contribution >= 4 is 17.5 Å². The number of carbonyl (C=O) groups excluding carboxylic acids is 2. The van der Waals surface area contributed by atoms with Gasteiger partial charge in [-0.05, 0) is 62.9 Å². The highest BCUT2D eigenvalue weighted by atomic mass is 19.4. The molecule has 0 saturated heterocycles. The van der Waals surface area contributed by atoms with Crippen LogP contribution in [-0.2, 0) is 13.2 Å². The number of benzene rings is 1. The standard InChI is InChI=1S/C25H30F3N7O2/c1-15-12-16(6-9-18(15)24(37)33(2)11-5-4-10-29)31-23(36)22-30-13-20(34(22)3)19-14-35(17-7-8-17)32-21(19)25(26,27)28/h6,9,12-14,17H,4-5,7-8,10-11,29H2,1-3H3,(H,31,36). The Bertz CT molecular complexity index is 1310. The first-order valence-corrected chi connectivity index (χ1v) is 12.1. The molecule has 1 aromatic carbocycles. The molecule has 0 atom stereocenters. The molecule has 37 heavy (non-hydrogen) atoms. The number of hydrogen-bond acceptors (Lipinski definition) is 5. The molecule has 3 aromatic rings. The summed E-state index contributed by atoms with van der Waals surface area (Å²) in [4.78, 5) is 31.4. The molecule has 2 aromatic heterocycles. The predicted octanol–water partition coefficient (Wildman–Crippen LogP) is 4.01. The minimum absolute atomic E-state index is 0.0327. The van der Waals surface area contributed by atoms with Crippen molar-refractivity contribution in [3.8, 4) is 11.3 Å². The van der Waals surface area contributed by atoms with E-state index in [-0.39, 0.29) is 29.0 Å². The number of anilines is 1. The molecule has 1 saturated carbocycles. The zero-order valence-corrected chi connectivity index (χ0v) is 21.0. The summed E-state index contributed by atoms with van der Waals surface area (Å²) < 4.78 is 43.6. The van der Waals surface area contributed by atoms with Gasteiger partial charge < -0.3 is 20.5 Å². The fourth-order valence-electron chi connectivity index (χ4n) is 4.15. The number of aromatic nitrogens is 4. The Morgan fingerprint density at radius 2 is 1.97 bits per heavy atom. The highest BCUT2D eigenvalue weighted by Crippen LogP contribution is 2.41. The average Bonchev–Trinajstić information content (AvgIpc) is 3.46. The molecular weight excluding hydrogens is 487 g/mol. The van der Waals surface area contributed by atoms with Crippen molar-refractivity contribution in [2.45, 2.75) is 44.8 Å². The van der Waals surface area contributed by atoms with Crippen LogP contribution in [0.1, 0.15) is 64.0 Å². The third-order valence-electron chi connectivity index (χ3n) is 6.40. The minimum Gasteiger partial charge on any atom is -0.342 e. The number of nitrogens with zero attached hydrogens (tertiary/aromatic N) is 5. The molecule has 0 aliphatic heterocycles. The van der Waals surface area contributed by atoms with Gasteiger partial charge in [-0.3, -0.25) is 14.3 Å². The Balaban J connectivity index is 1.51. The zero-order chi connectivity index (χ0) is 26.9. The maximum atomic E-state index is 13.7. The molecule has 9 nitrogen and oxygen atoms in total. The van der Waals surface area contributed by atoms with Crippen molar-refractivity contribution in [2.24, 2.45) is 12.8 Å². The van der Waals surface area contributed by atoms with Crippen LogP contribution in [0.3, 0.4) is 0 Å². The summed E-state index contributed by atoms with van der Waals surface area (Å²) in [6.45, 7) is 2.93. The van der Waals surface area contributed by atoms with Crippen LogP contribution in [0.25, 0.3) is 11.3 Å². The number of carbonyl (C=O) groups is 2. The molecule has 1 fully saturated rings. The van der Waals surface area contributed by atoms with Gasteiger partial charge in [0.2, 0.25) is 0 Å². The number of nitrogens with one attached hydrogen (secondary N) is 1. The first-order valence-electron chi connectivity index (χ1n) is 12.1. The van der Waals surface area contributed by atoms with E-state index in [1.54, 1.807) is 37.1 Å². The van der Waals surface area contributed by atoms with Crippen LogP contribution in [0, 0.1) is 6.92 Å². The van der Waals surface area contributed by atoms with Gasteiger partial charge >= 0.3 is 6.18 Å². The molecule has 1 aliphatic rings. The van der Waals surface area contributed by atoms with Gasteiger partial charge in [-0.1, -0.05) is 0 Å². The number of amides is 2. The van der Waals surface area contributed by atoms with Crippen molar-refractivity contribution in [3.63, 3.8) is 0 Å². The van der Waals surface area contributed by atoms with Crippen LogP contribution in [-0.4, -0.2) is 56.2 Å². The van der Waals surface area contributed by atoms with Gasteiger partial charge in [-0.15, -0.1) is 0 Å². The van der Waals surface area contributed by atoms with E-state index in [9.17, 15) is 22.8 Å². The number of halogens is 3. The Morgan fingerprint density at radius 3 is 2.59 bits per heavy atom. The Morgan fingerprint density at radius 1 is 1.24 bits per heavy atom. The summed E-state index contributed by atoms with van der Waals surface area (Å²) in [5.74, 6) is -0.776. The highest BCUT2D eigenvalue weighted by molar-refractivity contribution is 6.03. The Hall–Kier alpha value is -3.67. The van der Waals surface area contributed by atoms with Crippen LogP contribution in [0.2, 0.25) is 0 Å². The van der Waals surface area contributed by atoms with E-state index in [1.165, 1.54) is 28.7 Å². The van der Waals surface area contributed by atoms with E-state index in [2.05, 4.69) is 15.4 Å². The smallest absolute Gasteiger partial charge is 0.342 e. The Labute approximate surface area is 212 Å². The summed E-state index contributed by atoms with van der Waals surface area (Å²) in [5.41, 5.74) is 6.15. The maximum Gasteiger partial charge on any atom is 0.435 e. The molecular formula is C25H30F3N7O2. The van der Waals surface area contributed by atoms with Gasteiger partial charge in [0.1, 0.15) is 0 Å². The first kappa shape index (κ1) is 26.4. The molecule has 2 heterocycles. The number of imidazole rings is 1. The second-order valence-corrected chi connectivity index (χ2v) is 9.33. The second kappa shape index (κ2) is 10.4. The number of aryl methyl sites for hydroxylation is 1. The van der Waals surface area contributed by atoms with E-state index in [1.807, 2.05) is 0 Å². The van der Waals surface area contributed by atoms with E-state index in [4.69, 9.17) is 5.73 Å². The first-order chi connectivity index (χ1) is 17.5. The molecule has 2 amide bonds. The lowest BCUT2D eigenvalue weighted by atomic mass is 10.1. The van der Waals surface area contributed by atoms with Crippen LogP contribution < -0.4 is 11.1 Å². The van der Waals surface area contributed by atoms with Gasteiger partial charge in [-0.2, -0.15) is 18.3 Å². The van der Waals surface area contributed by atoms with E-state index in [0.29, 0.717) is 29.9 Å². The molecule has 0 unspecified atom stereocenters. The monoisotopic (exact) mass is 517 g/mol. The number of hydrogen-bond donors (Lipinski definition) is 2. The summed E-state index contributed by atoms with van der Waals surface area (Å²) >= 11 is 0. The van der Waals surface area contributed by atoms with Crippen molar-refractivity contribution in [1.82, 2.24) is 24.2 Å². The highest BCUT2D eigenvalue weighted by Gasteiger charge is 2.40. The van der Waals surface area contributed by atoms with Crippen LogP contribution >= 0.6 is 0 Å². The summed E-state index contributed by atoms with van der Waals surface area (Å²) in [7, 11) is 3.21. The molecule has 1 aliphatic carbocycles. The summed E-state index contributed by atoms with van der Waals surface area (Å²) in [6.07, 6.45) is 1.17. The van der Waals surface area contributed by atoms with E-state index in [0.717, 1.165) is 25.7 Å². The fourth-order valence-corrected chi connectivity index (χ4v) is 4.15. The van der Waals surface area contributed by atoms with Crippen molar-refractivity contribution in [2.75, 3.05) is 25.5 Å². The molecule has 0 radical (unpaired) electrons. The average molecular weight is 518 g/mol. The summed E-state index contributed by atoms with van der Waals surface area (Å²) in [6, 6.07) is 4.88. The van der Waals surface area contributed by atoms with E-state index < -0.39 is 17.8 Å². The molecule has 198 valence electrons.